The molecule has 0 amide bonds. The van der Waals surface area contributed by atoms with Gasteiger partial charge in [-0.05, 0) is 31.4 Å². The van der Waals surface area contributed by atoms with Crippen molar-refractivity contribution in [2.45, 2.75) is 31.5 Å². The lowest BCUT2D eigenvalue weighted by molar-refractivity contribution is -0.137. The number of halogens is 4. The lowest BCUT2D eigenvalue weighted by Crippen LogP contribution is -2.19. The van der Waals surface area contributed by atoms with E-state index in [9.17, 15) is 17.6 Å². The summed E-state index contributed by atoms with van der Waals surface area (Å²) in [6, 6.07) is 1.37. The summed E-state index contributed by atoms with van der Waals surface area (Å²) in [5.74, 6) is -0.862. The average molecular weight is 273 g/mol. The quantitative estimate of drug-likeness (QED) is 0.808. The SMILES string of the molecule is Nc1nc2cc(C(F)(F)F)cc(F)c2n1C1CCC1. The van der Waals surface area contributed by atoms with Crippen LogP contribution in [0.25, 0.3) is 11.0 Å². The van der Waals surface area contributed by atoms with Crippen molar-refractivity contribution >= 4 is 17.0 Å². The molecule has 0 atom stereocenters. The third-order valence-electron chi connectivity index (χ3n) is 3.53. The van der Waals surface area contributed by atoms with E-state index in [1.807, 2.05) is 0 Å². The normalized spacial score (nSPS) is 16.8. The first-order chi connectivity index (χ1) is 8.88. The topological polar surface area (TPSA) is 43.8 Å². The molecule has 1 fully saturated rings. The number of alkyl halides is 3. The number of imidazole rings is 1. The maximum absolute atomic E-state index is 14.0. The zero-order valence-electron chi connectivity index (χ0n) is 9.84. The van der Waals surface area contributed by atoms with E-state index < -0.39 is 17.6 Å². The second-order valence-electron chi connectivity index (χ2n) is 4.75. The number of anilines is 1. The van der Waals surface area contributed by atoms with Gasteiger partial charge >= 0.3 is 6.18 Å². The van der Waals surface area contributed by atoms with Gasteiger partial charge in [0, 0.05) is 6.04 Å². The molecule has 19 heavy (non-hydrogen) atoms. The second kappa shape index (κ2) is 3.85. The minimum absolute atomic E-state index is 0.0382. The first-order valence-electron chi connectivity index (χ1n) is 5.92. The molecule has 1 saturated carbocycles. The van der Waals surface area contributed by atoms with Gasteiger partial charge in [-0.25, -0.2) is 9.37 Å². The van der Waals surface area contributed by atoms with Gasteiger partial charge in [0.1, 0.15) is 11.3 Å². The molecule has 2 aromatic rings. The van der Waals surface area contributed by atoms with Crippen LogP contribution in [0.15, 0.2) is 12.1 Å². The molecule has 1 aliphatic carbocycles. The Morgan fingerprint density at radius 1 is 1.26 bits per heavy atom. The van der Waals surface area contributed by atoms with E-state index in [1.54, 1.807) is 0 Å². The van der Waals surface area contributed by atoms with Crippen LogP contribution in [-0.4, -0.2) is 9.55 Å². The highest BCUT2D eigenvalue weighted by molar-refractivity contribution is 5.80. The van der Waals surface area contributed by atoms with Crippen molar-refractivity contribution in [3.63, 3.8) is 0 Å². The molecule has 0 radical (unpaired) electrons. The molecule has 0 spiro atoms. The van der Waals surface area contributed by atoms with Crippen molar-refractivity contribution in [2.24, 2.45) is 0 Å². The molecule has 1 heterocycles. The number of benzene rings is 1. The van der Waals surface area contributed by atoms with Crippen LogP contribution in [0, 0.1) is 5.82 Å². The maximum atomic E-state index is 14.0. The molecule has 7 heteroatoms. The highest BCUT2D eigenvalue weighted by Crippen LogP contribution is 2.39. The van der Waals surface area contributed by atoms with E-state index in [0.717, 1.165) is 25.3 Å². The van der Waals surface area contributed by atoms with E-state index in [1.165, 1.54) is 4.57 Å². The first kappa shape index (κ1) is 12.3. The molecule has 3 nitrogen and oxygen atoms in total. The minimum Gasteiger partial charge on any atom is -0.369 e. The fourth-order valence-electron chi connectivity index (χ4n) is 2.38. The summed E-state index contributed by atoms with van der Waals surface area (Å²) in [4.78, 5) is 3.85. The summed E-state index contributed by atoms with van der Waals surface area (Å²) in [5.41, 5.74) is 4.67. The van der Waals surface area contributed by atoms with E-state index in [4.69, 9.17) is 5.73 Å². The number of aromatic nitrogens is 2. The van der Waals surface area contributed by atoms with Gasteiger partial charge < -0.3 is 10.3 Å². The predicted octanol–water partition coefficient (Wildman–Crippen LogP) is 3.50. The number of nitrogen functional groups attached to an aromatic ring is 1. The van der Waals surface area contributed by atoms with Gasteiger partial charge in [0.25, 0.3) is 0 Å². The molecular weight excluding hydrogens is 262 g/mol. The highest BCUT2D eigenvalue weighted by Gasteiger charge is 2.33. The zero-order chi connectivity index (χ0) is 13.8. The van der Waals surface area contributed by atoms with E-state index in [-0.39, 0.29) is 23.0 Å². The predicted molar refractivity (Wildman–Crippen MR) is 62.0 cm³/mol. The molecule has 0 aliphatic heterocycles. The molecule has 102 valence electrons. The van der Waals surface area contributed by atoms with Gasteiger partial charge in [-0.15, -0.1) is 0 Å². The van der Waals surface area contributed by atoms with Crippen molar-refractivity contribution in [1.82, 2.24) is 9.55 Å². The third kappa shape index (κ3) is 1.84. The van der Waals surface area contributed by atoms with E-state index in [0.29, 0.717) is 6.07 Å². The van der Waals surface area contributed by atoms with Crippen molar-refractivity contribution in [3.05, 3.63) is 23.5 Å². The highest BCUT2D eigenvalue weighted by atomic mass is 19.4. The van der Waals surface area contributed by atoms with Gasteiger partial charge in [0.15, 0.2) is 0 Å². The van der Waals surface area contributed by atoms with Crippen LogP contribution >= 0.6 is 0 Å². The number of nitrogens with two attached hydrogens (primary N) is 1. The van der Waals surface area contributed by atoms with Crippen LogP contribution in [0.5, 0.6) is 0 Å². The average Bonchev–Trinajstić information content (AvgIpc) is 2.52. The van der Waals surface area contributed by atoms with Crippen molar-refractivity contribution in [1.29, 1.82) is 0 Å². The summed E-state index contributed by atoms with van der Waals surface area (Å²) in [7, 11) is 0. The lowest BCUT2D eigenvalue weighted by Gasteiger charge is -2.28. The lowest BCUT2D eigenvalue weighted by atomic mass is 9.92. The summed E-state index contributed by atoms with van der Waals surface area (Å²) in [5, 5.41) is 0. The van der Waals surface area contributed by atoms with Gasteiger partial charge in [0.05, 0.1) is 11.1 Å². The standard InChI is InChI=1S/C12H11F4N3/c13-8-4-6(12(14,15)16)5-9-10(8)19(11(17)18-9)7-2-1-3-7/h4-5,7H,1-3H2,(H2,17,18). The molecule has 0 saturated heterocycles. The molecule has 1 aromatic heterocycles. The molecule has 1 aliphatic rings. The van der Waals surface area contributed by atoms with Crippen LogP contribution in [0.4, 0.5) is 23.5 Å². The Morgan fingerprint density at radius 3 is 2.47 bits per heavy atom. The zero-order valence-corrected chi connectivity index (χ0v) is 9.84. The summed E-state index contributed by atoms with van der Waals surface area (Å²) in [6.45, 7) is 0. The number of fused-ring (bicyclic) bond motifs is 1. The Hall–Kier alpha value is -1.79. The van der Waals surface area contributed by atoms with Crippen molar-refractivity contribution in [2.75, 3.05) is 5.73 Å². The number of hydrogen-bond donors (Lipinski definition) is 1. The Labute approximate surface area is 106 Å². The van der Waals surface area contributed by atoms with Crippen molar-refractivity contribution < 1.29 is 17.6 Å². The summed E-state index contributed by atoms with van der Waals surface area (Å²) < 4.78 is 53.3. The number of rotatable bonds is 1. The van der Waals surface area contributed by atoms with Gasteiger partial charge in [-0.3, -0.25) is 0 Å². The molecule has 0 unspecified atom stereocenters. The number of nitrogens with zero attached hydrogens (tertiary/aromatic N) is 2. The molecule has 3 rings (SSSR count). The maximum Gasteiger partial charge on any atom is 0.416 e. The first-order valence-corrected chi connectivity index (χ1v) is 5.92. The van der Waals surface area contributed by atoms with Crippen LogP contribution in [0.3, 0.4) is 0 Å². The fourth-order valence-corrected chi connectivity index (χ4v) is 2.38. The Morgan fingerprint density at radius 2 is 1.95 bits per heavy atom. The number of hydrogen-bond acceptors (Lipinski definition) is 2. The van der Waals surface area contributed by atoms with Crippen molar-refractivity contribution in [3.8, 4) is 0 Å². The molecule has 0 bridgehead atoms. The monoisotopic (exact) mass is 273 g/mol. The third-order valence-corrected chi connectivity index (χ3v) is 3.53. The molecule has 1 aromatic carbocycles. The van der Waals surface area contributed by atoms with E-state index >= 15 is 0 Å². The molecule has 2 N–H and O–H groups in total. The minimum atomic E-state index is -4.59. The van der Waals surface area contributed by atoms with Gasteiger partial charge in [0.2, 0.25) is 5.95 Å². The van der Waals surface area contributed by atoms with E-state index in [2.05, 4.69) is 4.98 Å². The second-order valence-corrected chi connectivity index (χ2v) is 4.75. The smallest absolute Gasteiger partial charge is 0.369 e. The van der Waals surface area contributed by atoms with Crippen LogP contribution in [-0.2, 0) is 6.18 Å². The fraction of sp³-hybridized carbons (Fsp3) is 0.417. The Bertz CT molecular complexity index is 640. The van der Waals surface area contributed by atoms with Gasteiger partial charge in [-0.2, -0.15) is 13.2 Å². The van der Waals surface area contributed by atoms with Crippen LogP contribution < -0.4 is 5.73 Å². The summed E-state index contributed by atoms with van der Waals surface area (Å²) >= 11 is 0. The van der Waals surface area contributed by atoms with Gasteiger partial charge in [-0.1, -0.05) is 0 Å². The Balaban J connectivity index is 2.23. The summed E-state index contributed by atoms with van der Waals surface area (Å²) in [6.07, 6.45) is -1.90. The Kier molecular flexibility index (Phi) is 2.48. The largest absolute Gasteiger partial charge is 0.416 e. The molecular formula is C12H11F4N3. The van der Waals surface area contributed by atoms with Crippen LogP contribution in [0.1, 0.15) is 30.9 Å². The van der Waals surface area contributed by atoms with Crippen LogP contribution in [0.2, 0.25) is 0 Å².